The van der Waals surface area contributed by atoms with Crippen molar-refractivity contribution in [2.24, 2.45) is 0 Å². The summed E-state index contributed by atoms with van der Waals surface area (Å²) in [5.41, 5.74) is 0. The summed E-state index contributed by atoms with van der Waals surface area (Å²) in [4.78, 5) is 26.5. The van der Waals surface area contributed by atoms with Gasteiger partial charge >= 0.3 is 5.97 Å². The zero-order valence-electron chi connectivity index (χ0n) is 46.9. The van der Waals surface area contributed by atoms with Crippen molar-refractivity contribution in [2.75, 3.05) is 13.2 Å². The van der Waals surface area contributed by atoms with Crippen LogP contribution in [-0.4, -0.2) is 99.6 Å². The first-order valence-corrected chi connectivity index (χ1v) is 29.9. The standard InChI is InChI=1S/C63H109NO10/c1-4-7-10-13-16-19-22-24-25-26-27-28-29-30-31-33-36-39-42-45-48-51-58(68)74-61-60(70)59(69)57(52-65)73-63(61)72-53-54(55(66)49-46-43-40-37-34-21-18-15-12-9-6-3)64-62(71)56(67)50-47-44-41-38-35-32-23-20-17-14-11-8-5-2/h8,11,16-17,19-20,24-25,27-28,32,35,46,49,54-57,59-61,63,65-67,69-70H,4-7,9-10,12-15,18,21-23,26,29-31,33-34,36-45,47-48,50-53H2,1-3H3,(H,64,71)/b11-8+,19-16-,20-17+,25-24-,28-27-,35-32+,49-46+. The number of ether oxygens (including phenoxy) is 3. The molecule has 6 N–H and O–H groups in total. The quantitative estimate of drug-likeness (QED) is 0.0195. The summed E-state index contributed by atoms with van der Waals surface area (Å²) < 4.78 is 17.6. The molecule has 1 saturated heterocycles. The average molecular weight is 1040 g/mol. The van der Waals surface area contributed by atoms with E-state index in [-0.39, 0.29) is 19.4 Å². The smallest absolute Gasteiger partial charge is 0.306 e. The summed E-state index contributed by atoms with van der Waals surface area (Å²) in [6, 6.07) is -1.04. The normalized spacial score (nSPS) is 19.9. The number of hydrogen-bond donors (Lipinski definition) is 6. The molecule has 1 amide bonds. The first kappa shape index (κ1) is 68.9. The summed E-state index contributed by atoms with van der Waals surface area (Å²) in [6.45, 7) is 5.61. The van der Waals surface area contributed by atoms with Crippen LogP contribution in [0.5, 0.6) is 0 Å². The van der Waals surface area contributed by atoms with E-state index in [1.807, 2.05) is 6.08 Å². The second-order valence-corrected chi connectivity index (χ2v) is 20.3. The Hall–Kier alpha value is -3.16. The molecule has 0 spiro atoms. The van der Waals surface area contributed by atoms with E-state index in [0.717, 1.165) is 109 Å². The van der Waals surface area contributed by atoms with Gasteiger partial charge in [0.1, 0.15) is 24.4 Å². The maximum atomic E-state index is 13.4. The number of allylic oxidation sites excluding steroid dienone is 13. The van der Waals surface area contributed by atoms with Gasteiger partial charge in [-0.25, -0.2) is 0 Å². The van der Waals surface area contributed by atoms with E-state index in [1.54, 1.807) is 6.08 Å². The molecular formula is C63H109NO10. The molecule has 0 aromatic rings. The molecule has 1 aliphatic heterocycles. The zero-order valence-corrected chi connectivity index (χ0v) is 46.9. The van der Waals surface area contributed by atoms with Gasteiger partial charge in [0.25, 0.3) is 0 Å². The van der Waals surface area contributed by atoms with Gasteiger partial charge < -0.3 is 45.1 Å². The van der Waals surface area contributed by atoms with E-state index in [0.29, 0.717) is 12.8 Å². The molecule has 8 atom stereocenters. The number of hydrogen-bond acceptors (Lipinski definition) is 10. The Kier molecular flexibility index (Phi) is 47.1. The summed E-state index contributed by atoms with van der Waals surface area (Å²) in [6.07, 6.45) is 54.8. The fourth-order valence-corrected chi connectivity index (χ4v) is 8.79. The fourth-order valence-electron chi connectivity index (χ4n) is 8.79. The molecule has 0 aliphatic carbocycles. The molecule has 11 nitrogen and oxygen atoms in total. The van der Waals surface area contributed by atoms with Crippen LogP contribution in [-0.2, 0) is 23.8 Å². The fraction of sp³-hybridized carbons (Fsp3) is 0.746. The summed E-state index contributed by atoms with van der Waals surface area (Å²) in [5, 5.41) is 56.8. The number of amides is 1. The molecule has 1 heterocycles. The molecular weight excluding hydrogens is 931 g/mol. The van der Waals surface area contributed by atoms with E-state index in [2.05, 4.69) is 99.0 Å². The highest BCUT2D eigenvalue weighted by Crippen LogP contribution is 2.26. The van der Waals surface area contributed by atoms with Crippen molar-refractivity contribution in [3.05, 3.63) is 85.1 Å². The molecule has 0 saturated carbocycles. The van der Waals surface area contributed by atoms with Gasteiger partial charge in [0.15, 0.2) is 12.4 Å². The third-order valence-electron chi connectivity index (χ3n) is 13.5. The monoisotopic (exact) mass is 1040 g/mol. The van der Waals surface area contributed by atoms with Gasteiger partial charge in [0, 0.05) is 6.42 Å². The number of nitrogens with one attached hydrogen (secondary N) is 1. The number of aliphatic hydroxyl groups is 5. The lowest BCUT2D eigenvalue weighted by molar-refractivity contribution is -0.305. The third-order valence-corrected chi connectivity index (χ3v) is 13.5. The lowest BCUT2D eigenvalue weighted by atomic mass is 9.99. The van der Waals surface area contributed by atoms with E-state index in [1.165, 1.54) is 83.5 Å². The first-order valence-electron chi connectivity index (χ1n) is 29.9. The van der Waals surface area contributed by atoms with Gasteiger partial charge in [-0.3, -0.25) is 9.59 Å². The predicted octanol–water partition coefficient (Wildman–Crippen LogP) is 13.8. The van der Waals surface area contributed by atoms with Crippen molar-refractivity contribution < 1.29 is 49.3 Å². The number of carbonyl (C=O) groups is 2. The van der Waals surface area contributed by atoms with Crippen LogP contribution in [0.2, 0.25) is 0 Å². The topological polar surface area (TPSA) is 175 Å². The molecule has 74 heavy (non-hydrogen) atoms. The minimum Gasteiger partial charge on any atom is -0.454 e. The highest BCUT2D eigenvalue weighted by atomic mass is 16.7. The van der Waals surface area contributed by atoms with Gasteiger partial charge in [-0.05, 0) is 96.3 Å². The molecule has 426 valence electrons. The van der Waals surface area contributed by atoms with Gasteiger partial charge in [0.05, 0.1) is 25.4 Å². The van der Waals surface area contributed by atoms with Crippen molar-refractivity contribution in [1.29, 1.82) is 0 Å². The summed E-state index contributed by atoms with van der Waals surface area (Å²) in [5.74, 6) is -1.23. The molecule has 0 aromatic carbocycles. The highest BCUT2D eigenvalue weighted by Gasteiger charge is 2.47. The van der Waals surface area contributed by atoms with E-state index >= 15 is 0 Å². The molecule has 0 aromatic heterocycles. The third kappa shape index (κ3) is 38.4. The largest absolute Gasteiger partial charge is 0.454 e. The molecule has 0 radical (unpaired) electrons. The lowest BCUT2D eigenvalue weighted by Gasteiger charge is -2.41. The SMILES string of the molecule is CC/C=C/C/C=C/C/C=C/CCCCCC(O)C(=O)NC(COC1OC(CO)C(O)C(O)C1OC(=O)CCCCCCCCCC/C=C\C/C=C\C/C=C\CCCCC)C(O)/C=C/CCCCCCCCCCC. The minimum absolute atomic E-state index is 0.109. The number of rotatable bonds is 49. The van der Waals surface area contributed by atoms with Crippen LogP contribution < -0.4 is 5.32 Å². The van der Waals surface area contributed by atoms with E-state index < -0.39 is 67.4 Å². The van der Waals surface area contributed by atoms with E-state index in [9.17, 15) is 35.1 Å². The summed E-state index contributed by atoms with van der Waals surface area (Å²) in [7, 11) is 0. The van der Waals surface area contributed by atoms with Crippen LogP contribution in [0.1, 0.15) is 239 Å². The van der Waals surface area contributed by atoms with Gasteiger partial charge in [-0.1, -0.05) is 221 Å². The molecule has 1 aliphatic rings. The Balaban J connectivity index is 2.68. The molecule has 0 bridgehead atoms. The van der Waals surface area contributed by atoms with Crippen molar-refractivity contribution in [3.8, 4) is 0 Å². The minimum atomic E-state index is -1.62. The Morgan fingerprint density at radius 2 is 0.973 bits per heavy atom. The highest BCUT2D eigenvalue weighted by molar-refractivity contribution is 5.80. The van der Waals surface area contributed by atoms with Crippen molar-refractivity contribution in [1.82, 2.24) is 5.32 Å². The Bertz CT molecular complexity index is 1520. The molecule has 1 fully saturated rings. The van der Waals surface area contributed by atoms with Crippen molar-refractivity contribution in [2.45, 2.75) is 288 Å². The second kappa shape index (κ2) is 50.6. The van der Waals surface area contributed by atoms with Gasteiger partial charge in [-0.2, -0.15) is 0 Å². The number of unbranched alkanes of at least 4 members (excludes halogenated alkanes) is 23. The Morgan fingerprint density at radius 3 is 1.49 bits per heavy atom. The molecule has 1 rings (SSSR count). The van der Waals surface area contributed by atoms with Crippen LogP contribution in [0.3, 0.4) is 0 Å². The number of carbonyl (C=O) groups excluding carboxylic acids is 2. The predicted molar refractivity (Wildman–Crippen MR) is 306 cm³/mol. The zero-order chi connectivity index (χ0) is 54.0. The summed E-state index contributed by atoms with van der Waals surface area (Å²) >= 11 is 0. The van der Waals surface area contributed by atoms with Gasteiger partial charge in [0.2, 0.25) is 5.91 Å². The Morgan fingerprint density at radius 1 is 0.541 bits per heavy atom. The van der Waals surface area contributed by atoms with Crippen LogP contribution in [0.25, 0.3) is 0 Å². The van der Waals surface area contributed by atoms with Crippen molar-refractivity contribution >= 4 is 11.9 Å². The maximum Gasteiger partial charge on any atom is 0.306 e. The van der Waals surface area contributed by atoms with E-state index in [4.69, 9.17) is 14.2 Å². The lowest BCUT2D eigenvalue weighted by Crippen LogP contribution is -2.61. The van der Waals surface area contributed by atoms with Crippen LogP contribution in [0.4, 0.5) is 0 Å². The average Bonchev–Trinajstić information content (AvgIpc) is 3.40. The molecule has 11 heteroatoms. The van der Waals surface area contributed by atoms with Crippen molar-refractivity contribution in [3.63, 3.8) is 0 Å². The maximum absolute atomic E-state index is 13.4. The molecule has 8 unspecified atom stereocenters. The second-order valence-electron chi connectivity index (χ2n) is 20.3. The Labute approximate surface area is 451 Å². The first-order chi connectivity index (χ1) is 36.2. The number of esters is 1. The van der Waals surface area contributed by atoms with Crippen LogP contribution in [0.15, 0.2) is 85.1 Å². The number of aliphatic hydroxyl groups excluding tert-OH is 5. The van der Waals surface area contributed by atoms with Crippen LogP contribution >= 0.6 is 0 Å². The van der Waals surface area contributed by atoms with Gasteiger partial charge in [-0.15, -0.1) is 0 Å². The van der Waals surface area contributed by atoms with Crippen LogP contribution in [0, 0.1) is 0 Å².